The number of carbonyl (C=O) groups is 1. The number of nitro benzene ring substituents is 1. The zero-order valence-electron chi connectivity index (χ0n) is 13.1. The summed E-state index contributed by atoms with van der Waals surface area (Å²) in [5.74, 6) is 0. The number of alkyl carbamates (subject to hydrolysis) is 1. The van der Waals surface area contributed by atoms with Crippen LogP contribution in [0.5, 0.6) is 0 Å². The molecular formula is C14H21N3O6. The van der Waals surface area contributed by atoms with E-state index in [-0.39, 0.29) is 17.8 Å². The van der Waals surface area contributed by atoms with Gasteiger partial charge in [0.15, 0.2) is 0 Å². The minimum atomic E-state index is -1.56. The molecule has 23 heavy (non-hydrogen) atoms. The number of rotatable bonds is 5. The SMILES string of the molecule is CC(C)(C)OC(=O)NCC(O)C(O)c1ccc(N)cc1[N+](=O)[O-]. The largest absolute Gasteiger partial charge is 0.444 e. The highest BCUT2D eigenvalue weighted by molar-refractivity contribution is 5.67. The molecule has 1 aromatic rings. The molecule has 0 heterocycles. The Balaban J connectivity index is 2.76. The van der Waals surface area contributed by atoms with Gasteiger partial charge in [0.05, 0.1) is 10.5 Å². The number of aliphatic hydroxyl groups is 2. The topological polar surface area (TPSA) is 148 Å². The number of carbonyl (C=O) groups excluding carboxylic acids is 1. The van der Waals surface area contributed by atoms with E-state index in [0.717, 1.165) is 6.07 Å². The van der Waals surface area contributed by atoms with Crippen LogP contribution in [0.1, 0.15) is 32.4 Å². The third-order valence-corrected chi connectivity index (χ3v) is 2.79. The predicted octanol–water partition coefficient (Wildman–Crippen LogP) is 1.10. The molecule has 2 unspecified atom stereocenters. The van der Waals surface area contributed by atoms with E-state index < -0.39 is 34.5 Å². The second-order valence-electron chi connectivity index (χ2n) is 5.97. The fraction of sp³-hybridized carbons (Fsp3) is 0.500. The molecule has 9 nitrogen and oxygen atoms in total. The van der Waals surface area contributed by atoms with Crippen LogP contribution in [0, 0.1) is 10.1 Å². The molecule has 1 amide bonds. The van der Waals surface area contributed by atoms with Gasteiger partial charge in [-0.2, -0.15) is 0 Å². The maximum absolute atomic E-state index is 11.5. The number of ether oxygens (including phenoxy) is 1. The number of hydrogen-bond acceptors (Lipinski definition) is 7. The molecule has 0 spiro atoms. The smallest absolute Gasteiger partial charge is 0.407 e. The molecule has 0 saturated carbocycles. The van der Waals surface area contributed by atoms with Crippen LogP contribution in [0.25, 0.3) is 0 Å². The maximum atomic E-state index is 11.5. The van der Waals surface area contributed by atoms with Crippen LogP contribution in [0.2, 0.25) is 0 Å². The van der Waals surface area contributed by atoms with Gasteiger partial charge in [0.25, 0.3) is 5.69 Å². The first-order valence-electron chi connectivity index (χ1n) is 6.88. The Morgan fingerprint density at radius 3 is 2.57 bits per heavy atom. The molecule has 0 fully saturated rings. The van der Waals surface area contributed by atoms with Crippen molar-refractivity contribution in [2.45, 2.75) is 38.6 Å². The van der Waals surface area contributed by atoms with Crippen molar-refractivity contribution < 1.29 is 24.7 Å². The van der Waals surface area contributed by atoms with Gasteiger partial charge in [0.2, 0.25) is 0 Å². The molecule has 2 atom stereocenters. The molecule has 128 valence electrons. The minimum Gasteiger partial charge on any atom is -0.444 e. The van der Waals surface area contributed by atoms with Gasteiger partial charge in [-0.3, -0.25) is 10.1 Å². The van der Waals surface area contributed by atoms with Crippen molar-refractivity contribution in [3.05, 3.63) is 33.9 Å². The van der Waals surface area contributed by atoms with Gasteiger partial charge in [-0.1, -0.05) is 0 Å². The van der Waals surface area contributed by atoms with E-state index in [1.54, 1.807) is 20.8 Å². The number of nitrogens with zero attached hydrogens (tertiary/aromatic N) is 1. The lowest BCUT2D eigenvalue weighted by Gasteiger charge is -2.22. The summed E-state index contributed by atoms with van der Waals surface area (Å²) in [4.78, 5) is 21.8. The van der Waals surface area contributed by atoms with Crippen LogP contribution in [0.4, 0.5) is 16.2 Å². The lowest BCUT2D eigenvalue weighted by atomic mass is 10.0. The summed E-state index contributed by atoms with van der Waals surface area (Å²) < 4.78 is 4.98. The van der Waals surface area contributed by atoms with Crippen molar-refractivity contribution in [2.24, 2.45) is 0 Å². The van der Waals surface area contributed by atoms with Gasteiger partial charge in [-0.25, -0.2) is 4.79 Å². The van der Waals surface area contributed by atoms with Crippen LogP contribution in [0.15, 0.2) is 18.2 Å². The molecule has 0 saturated heterocycles. The molecule has 9 heteroatoms. The molecule has 0 aromatic heterocycles. The van der Waals surface area contributed by atoms with Crippen molar-refractivity contribution in [1.29, 1.82) is 0 Å². The van der Waals surface area contributed by atoms with Crippen molar-refractivity contribution in [2.75, 3.05) is 12.3 Å². The highest BCUT2D eigenvalue weighted by atomic mass is 16.6. The highest BCUT2D eigenvalue weighted by Crippen LogP contribution is 2.29. The normalized spacial score (nSPS) is 14.0. The van der Waals surface area contributed by atoms with Crippen molar-refractivity contribution in [3.8, 4) is 0 Å². The number of benzene rings is 1. The summed E-state index contributed by atoms with van der Waals surface area (Å²) in [6.07, 6.45) is -3.79. The van der Waals surface area contributed by atoms with Gasteiger partial charge in [-0.15, -0.1) is 0 Å². The number of aliphatic hydroxyl groups excluding tert-OH is 2. The lowest BCUT2D eigenvalue weighted by Crippen LogP contribution is -2.39. The van der Waals surface area contributed by atoms with E-state index >= 15 is 0 Å². The molecule has 0 aliphatic carbocycles. The molecule has 0 aliphatic heterocycles. The third kappa shape index (κ3) is 5.72. The fourth-order valence-electron chi connectivity index (χ4n) is 1.79. The zero-order valence-corrected chi connectivity index (χ0v) is 13.1. The van der Waals surface area contributed by atoms with Gasteiger partial charge in [0.1, 0.15) is 17.8 Å². The van der Waals surface area contributed by atoms with Crippen molar-refractivity contribution in [1.82, 2.24) is 5.32 Å². The Labute approximate surface area is 133 Å². The van der Waals surface area contributed by atoms with E-state index in [0.29, 0.717) is 0 Å². The number of hydrogen-bond donors (Lipinski definition) is 4. The van der Waals surface area contributed by atoms with Crippen LogP contribution in [-0.2, 0) is 4.74 Å². The zero-order chi connectivity index (χ0) is 17.8. The second-order valence-corrected chi connectivity index (χ2v) is 5.97. The molecule has 0 bridgehead atoms. The summed E-state index contributed by atoms with van der Waals surface area (Å²) in [7, 11) is 0. The minimum absolute atomic E-state index is 0.0947. The van der Waals surface area contributed by atoms with Gasteiger partial charge < -0.3 is 26.0 Å². The van der Waals surface area contributed by atoms with E-state index in [1.807, 2.05) is 0 Å². The summed E-state index contributed by atoms with van der Waals surface area (Å²) >= 11 is 0. The standard InChI is InChI=1S/C14H21N3O6/c1-14(2,3)23-13(20)16-7-11(18)12(19)9-5-4-8(15)6-10(9)17(21)22/h4-6,11-12,18-19H,7,15H2,1-3H3,(H,16,20). The van der Waals surface area contributed by atoms with E-state index in [2.05, 4.69) is 5.32 Å². The Morgan fingerprint density at radius 2 is 2.04 bits per heavy atom. The summed E-state index contributed by atoms with van der Waals surface area (Å²) in [5.41, 5.74) is 4.43. The number of nitro groups is 1. The van der Waals surface area contributed by atoms with Crippen LogP contribution < -0.4 is 11.1 Å². The van der Waals surface area contributed by atoms with Crippen molar-refractivity contribution in [3.63, 3.8) is 0 Å². The van der Waals surface area contributed by atoms with Crippen LogP contribution in [0.3, 0.4) is 0 Å². The fourth-order valence-corrected chi connectivity index (χ4v) is 1.79. The van der Waals surface area contributed by atoms with E-state index in [4.69, 9.17) is 10.5 Å². The second kappa shape index (κ2) is 7.25. The number of anilines is 1. The van der Waals surface area contributed by atoms with E-state index in [1.165, 1.54) is 12.1 Å². The molecule has 0 aliphatic rings. The summed E-state index contributed by atoms with van der Waals surface area (Å²) in [6.45, 7) is 4.69. The third-order valence-electron chi connectivity index (χ3n) is 2.79. The Bertz CT molecular complexity index is 584. The Morgan fingerprint density at radius 1 is 1.43 bits per heavy atom. The average Bonchev–Trinajstić information content (AvgIpc) is 2.42. The first kappa shape index (κ1) is 18.7. The summed E-state index contributed by atoms with van der Waals surface area (Å²) in [5, 5.41) is 33.3. The van der Waals surface area contributed by atoms with Gasteiger partial charge >= 0.3 is 6.09 Å². The van der Waals surface area contributed by atoms with Gasteiger partial charge in [0, 0.05) is 18.3 Å². The predicted molar refractivity (Wildman–Crippen MR) is 82.7 cm³/mol. The molecule has 5 N–H and O–H groups in total. The quantitative estimate of drug-likeness (QED) is 0.359. The first-order valence-corrected chi connectivity index (χ1v) is 6.88. The van der Waals surface area contributed by atoms with Crippen LogP contribution >= 0.6 is 0 Å². The highest BCUT2D eigenvalue weighted by Gasteiger charge is 2.27. The van der Waals surface area contributed by atoms with E-state index in [9.17, 15) is 25.1 Å². The molecule has 1 rings (SSSR count). The van der Waals surface area contributed by atoms with Gasteiger partial charge in [-0.05, 0) is 32.9 Å². The number of amides is 1. The molecular weight excluding hydrogens is 306 g/mol. The average molecular weight is 327 g/mol. The molecule has 1 aromatic carbocycles. The first-order chi connectivity index (χ1) is 10.5. The Kier molecular flexibility index (Phi) is 5.88. The lowest BCUT2D eigenvalue weighted by molar-refractivity contribution is -0.386. The number of nitrogens with one attached hydrogen (secondary N) is 1. The Hall–Kier alpha value is -2.39. The number of nitrogen functional groups attached to an aromatic ring is 1. The van der Waals surface area contributed by atoms with Crippen molar-refractivity contribution >= 4 is 17.5 Å². The molecule has 0 radical (unpaired) electrons. The monoisotopic (exact) mass is 327 g/mol. The number of nitrogens with two attached hydrogens (primary N) is 1. The maximum Gasteiger partial charge on any atom is 0.407 e. The van der Waals surface area contributed by atoms with Crippen LogP contribution in [-0.4, -0.2) is 39.5 Å². The summed E-state index contributed by atoms with van der Waals surface area (Å²) in [6, 6.07) is 3.72.